The minimum atomic E-state index is -0.724. The molecule has 2 aromatic heterocycles. The van der Waals surface area contributed by atoms with Crippen LogP contribution in [-0.4, -0.2) is 26.0 Å². The predicted octanol–water partition coefficient (Wildman–Crippen LogP) is 3.51. The highest BCUT2D eigenvalue weighted by atomic mass is 19.1. The van der Waals surface area contributed by atoms with Crippen LogP contribution in [0.1, 0.15) is 15.9 Å². The van der Waals surface area contributed by atoms with Crippen molar-refractivity contribution in [2.75, 3.05) is 0 Å². The highest BCUT2D eigenvalue weighted by Crippen LogP contribution is 2.20. The number of benzene rings is 2. The van der Waals surface area contributed by atoms with Gasteiger partial charge in [-0.25, -0.2) is 23.4 Å². The van der Waals surface area contributed by atoms with Crippen molar-refractivity contribution in [1.29, 1.82) is 0 Å². The zero-order valence-corrected chi connectivity index (χ0v) is 15.5. The van der Waals surface area contributed by atoms with E-state index < -0.39 is 11.6 Å². The van der Waals surface area contributed by atoms with Crippen LogP contribution in [0.5, 0.6) is 0 Å². The smallest absolute Gasteiger partial charge is 0.267 e. The maximum Gasteiger partial charge on any atom is 0.267 e. The standard InChI is InChI=1S/C22H14F2N4O2/c23-18-7-17(8-19(24)9-18)20-4-5-21(30)28(27-20)12-14-2-1-3-16(6-14)22-25-10-15(13-29)11-26-22/h1-11,13H,12H2. The number of rotatable bonds is 5. The molecule has 6 nitrogen and oxygen atoms in total. The van der Waals surface area contributed by atoms with Crippen LogP contribution >= 0.6 is 0 Å². The molecule has 0 amide bonds. The molecule has 4 rings (SSSR count). The predicted molar refractivity (Wildman–Crippen MR) is 106 cm³/mol. The molecule has 30 heavy (non-hydrogen) atoms. The highest BCUT2D eigenvalue weighted by Gasteiger charge is 2.09. The molecule has 0 unspecified atom stereocenters. The number of carbonyl (C=O) groups is 1. The molecule has 0 radical (unpaired) electrons. The normalized spacial score (nSPS) is 10.7. The summed E-state index contributed by atoms with van der Waals surface area (Å²) in [5.74, 6) is -1.01. The van der Waals surface area contributed by atoms with Gasteiger partial charge in [-0.15, -0.1) is 0 Å². The van der Waals surface area contributed by atoms with Crippen molar-refractivity contribution in [3.8, 4) is 22.6 Å². The summed E-state index contributed by atoms with van der Waals surface area (Å²) in [6.07, 6.45) is 3.51. The van der Waals surface area contributed by atoms with Crippen molar-refractivity contribution in [1.82, 2.24) is 19.7 Å². The summed E-state index contributed by atoms with van der Waals surface area (Å²) < 4.78 is 28.3. The number of halogens is 2. The minimum Gasteiger partial charge on any atom is -0.298 e. The Morgan fingerprint density at radius 2 is 1.63 bits per heavy atom. The zero-order chi connectivity index (χ0) is 21.1. The molecular formula is C22H14F2N4O2. The Morgan fingerprint density at radius 3 is 2.33 bits per heavy atom. The third-order valence-electron chi connectivity index (χ3n) is 4.35. The quantitative estimate of drug-likeness (QED) is 0.476. The van der Waals surface area contributed by atoms with Crippen LogP contribution in [0.25, 0.3) is 22.6 Å². The summed E-state index contributed by atoms with van der Waals surface area (Å²) in [6, 6.07) is 13.0. The van der Waals surface area contributed by atoms with Gasteiger partial charge < -0.3 is 0 Å². The molecule has 4 aromatic rings. The Kier molecular flexibility index (Phi) is 5.21. The molecule has 0 N–H and O–H groups in total. The maximum atomic E-state index is 13.5. The molecule has 0 spiro atoms. The van der Waals surface area contributed by atoms with Gasteiger partial charge >= 0.3 is 0 Å². The van der Waals surface area contributed by atoms with Crippen LogP contribution in [0.3, 0.4) is 0 Å². The minimum absolute atomic E-state index is 0.144. The fourth-order valence-corrected chi connectivity index (χ4v) is 2.95. The van der Waals surface area contributed by atoms with Gasteiger partial charge in [0.15, 0.2) is 12.1 Å². The molecule has 2 heterocycles. The lowest BCUT2D eigenvalue weighted by atomic mass is 10.1. The SMILES string of the molecule is O=Cc1cnc(-c2cccc(Cn3nc(-c4cc(F)cc(F)c4)ccc3=O)c2)nc1. The number of carbonyl (C=O) groups excluding carboxylic acids is 1. The van der Waals surface area contributed by atoms with Gasteiger partial charge in [0.25, 0.3) is 5.56 Å². The van der Waals surface area contributed by atoms with Gasteiger partial charge in [-0.2, -0.15) is 5.10 Å². The molecule has 0 saturated carbocycles. The highest BCUT2D eigenvalue weighted by molar-refractivity contribution is 5.74. The molecule has 0 bridgehead atoms. The second kappa shape index (κ2) is 8.12. The van der Waals surface area contributed by atoms with E-state index in [1.54, 1.807) is 12.1 Å². The van der Waals surface area contributed by atoms with Crippen LogP contribution in [-0.2, 0) is 6.54 Å². The Morgan fingerprint density at radius 1 is 0.900 bits per heavy atom. The molecule has 0 aliphatic rings. The third-order valence-corrected chi connectivity index (χ3v) is 4.35. The lowest BCUT2D eigenvalue weighted by Crippen LogP contribution is -2.22. The monoisotopic (exact) mass is 404 g/mol. The Labute approximate surface area is 169 Å². The van der Waals surface area contributed by atoms with Crippen LogP contribution < -0.4 is 5.56 Å². The summed E-state index contributed by atoms with van der Waals surface area (Å²) in [4.78, 5) is 31.3. The molecule has 148 valence electrons. The van der Waals surface area contributed by atoms with E-state index >= 15 is 0 Å². The Balaban J connectivity index is 1.65. The fraction of sp³-hybridized carbons (Fsp3) is 0.0455. The molecule has 0 aliphatic heterocycles. The van der Waals surface area contributed by atoms with E-state index in [2.05, 4.69) is 15.1 Å². The number of aromatic nitrogens is 4. The molecular weight excluding hydrogens is 390 g/mol. The first-order valence-electron chi connectivity index (χ1n) is 8.93. The van der Waals surface area contributed by atoms with E-state index in [0.717, 1.165) is 23.8 Å². The van der Waals surface area contributed by atoms with E-state index in [9.17, 15) is 18.4 Å². The molecule has 0 saturated heterocycles. The number of nitrogens with zero attached hydrogens (tertiary/aromatic N) is 4. The lowest BCUT2D eigenvalue weighted by Gasteiger charge is -2.09. The summed E-state index contributed by atoms with van der Waals surface area (Å²) in [5, 5.41) is 4.25. The maximum absolute atomic E-state index is 13.5. The van der Waals surface area contributed by atoms with Gasteiger partial charge in [-0.05, 0) is 29.8 Å². The number of hydrogen-bond acceptors (Lipinski definition) is 5. The molecule has 8 heteroatoms. The van der Waals surface area contributed by atoms with E-state index in [1.165, 1.54) is 29.2 Å². The van der Waals surface area contributed by atoms with E-state index in [0.29, 0.717) is 23.2 Å². The number of hydrogen-bond donors (Lipinski definition) is 0. The second-order valence-electron chi connectivity index (χ2n) is 6.53. The van der Waals surface area contributed by atoms with Gasteiger partial charge in [-0.1, -0.05) is 18.2 Å². The van der Waals surface area contributed by atoms with Crippen molar-refractivity contribution < 1.29 is 13.6 Å². The van der Waals surface area contributed by atoms with Crippen molar-refractivity contribution in [2.24, 2.45) is 0 Å². The van der Waals surface area contributed by atoms with Crippen molar-refractivity contribution in [2.45, 2.75) is 6.54 Å². The van der Waals surface area contributed by atoms with Gasteiger partial charge in [0.05, 0.1) is 17.8 Å². The van der Waals surface area contributed by atoms with Crippen molar-refractivity contribution in [3.63, 3.8) is 0 Å². The van der Waals surface area contributed by atoms with Crippen LogP contribution in [0.15, 0.2) is 71.8 Å². The largest absolute Gasteiger partial charge is 0.298 e. The third kappa shape index (κ3) is 4.17. The first-order valence-corrected chi connectivity index (χ1v) is 8.93. The van der Waals surface area contributed by atoms with Gasteiger partial charge in [0.1, 0.15) is 11.6 Å². The number of aldehydes is 1. The first kappa shape index (κ1) is 19.3. The molecule has 0 fully saturated rings. The first-order chi connectivity index (χ1) is 14.5. The van der Waals surface area contributed by atoms with Crippen molar-refractivity contribution >= 4 is 6.29 Å². The van der Waals surface area contributed by atoms with E-state index in [-0.39, 0.29) is 23.4 Å². The zero-order valence-electron chi connectivity index (χ0n) is 15.5. The van der Waals surface area contributed by atoms with Crippen molar-refractivity contribution in [3.05, 3.63) is 100 Å². The van der Waals surface area contributed by atoms with Gasteiger partial charge in [-0.3, -0.25) is 9.59 Å². The molecule has 0 aliphatic carbocycles. The summed E-state index contributed by atoms with van der Waals surface area (Å²) in [6.45, 7) is 0.144. The molecule has 2 aromatic carbocycles. The van der Waals surface area contributed by atoms with Gasteiger partial charge in [0, 0.05) is 35.7 Å². The summed E-state index contributed by atoms with van der Waals surface area (Å²) >= 11 is 0. The Bertz CT molecular complexity index is 1270. The second-order valence-corrected chi connectivity index (χ2v) is 6.53. The Hall–Kier alpha value is -4.07. The lowest BCUT2D eigenvalue weighted by molar-refractivity contribution is 0.112. The molecule has 0 atom stereocenters. The van der Waals surface area contributed by atoms with E-state index in [4.69, 9.17) is 0 Å². The summed E-state index contributed by atoms with van der Waals surface area (Å²) in [5.41, 5.74) is 1.99. The average molecular weight is 404 g/mol. The average Bonchev–Trinajstić information content (AvgIpc) is 2.75. The topological polar surface area (TPSA) is 77.7 Å². The van der Waals surface area contributed by atoms with Crippen LogP contribution in [0, 0.1) is 11.6 Å². The van der Waals surface area contributed by atoms with E-state index in [1.807, 2.05) is 12.1 Å². The van der Waals surface area contributed by atoms with Crippen LogP contribution in [0.4, 0.5) is 8.78 Å². The fourth-order valence-electron chi connectivity index (χ4n) is 2.95. The van der Waals surface area contributed by atoms with Gasteiger partial charge in [0.2, 0.25) is 0 Å². The van der Waals surface area contributed by atoms with Crippen LogP contribution in [0.2, 0.25) is 0 Å². The summed E-state index contributed by atoms with van der Waals surface area (Å²) in [7, 11) is 0.